The molecule has 148 valence electrons. The van der Waals surface area contributed by atoms with Crippen LogP contribution < -0.4 is 10.6 Å². The molecule has 3 aromatic carbocycles. The monoisotopic (exact) mass is 454 g/mol. The number of carbonyl (C=O) groups is 2. The number of hydrogen-bond acceptors (Lipinski definition) is 2. The second-order valence-electron chi connectivity index (χ2n) is 6.52. The fraction of sp³-hybridized carbons (Fsp3) is 0.130. The van der Waals surface area contributed by atoms with Gasteiger partial charge in [0.25, 0.3) is 5.91 Å². The second kappa shape index (κ2) is 9.98. The van der Waals surface area contributed by atoms with Crippen LogP contribution in [0.25, 0.3) is 0 Å². The van der Waals surface area contributed by atoms with Gasteiger partial charge in [0.05, 0.1) is 12.5 Å². The zero-order valence-electron chi connectivity index (χ0n) is 15.6. The van der Waals surface area contributed by atoms with E-state index in [0.29, 0.717) is 11.1 Å². The molecule has 3 rings (SSSR count). The molecule has 0 bridgehead atoms. The summed E-state index contributed by atoms with van der Waals surface area (Å²) in [7, 11) is 0. The fourth-order valence-corrected chi connectivity index (χ4v) is 3.31. The van der Waals surface area contributed by atoms with Crippen molar-refractivity contribution in [3.63, 3.8) is 0 Å². The van der Waals surface area contributed by atoms with Gasteiger partial charge in [-0.05, 0) is 35.9 Å². The third-order valence-electron chi connectivity index (χ3n) is 4.42. The normalized spacial score (nSPS) is 11.5. The Balaban J connectivity index is 1.68. The summed E-state index contributed by atoms with van der Waals surface area (Å²) >= 11 is 3.30. The van der Waals surface area contributed by atoms with Gasteiger partial charge in [-0.2, -0.15) is 0 Å². The summed E-state index contributed by atoms with van der Waals surface area (Å²) in [6.07, 6.45) is 0.0399. The first-order valence-electron chi connectivity index (χ1n) is 9.14. The molecule has 0 fully saturated rings. The molecule has 0 saturated heterocycles. The van der Waals surface area contributed by atoms with Crippen LogP contribution in [0.1, 0.15) is 33.9 Å². The lowest BCUT2D eigenvalue weighted by molar-refractivity contribution is -0.121. The molecule has 0 saturated carbocycles. The Morgan fingerprint density at radius 3 is 2.28 bits per heavy atom. The molecule has 0 radical (unpaired) electrons. The molecule has 0 aliphatic heterocycles. The zero-order valence-corrected chi connectivity index (χ0v) is 17.2. The van der Waals surface area contributed by atoms with Crippen molar-refractivity contribution >= 4 is 27.7 Å². The van der Waals surface area contributed by atoms with Crippen LogP contribution in [0.3, 0.4) is 0 Å². The van der Waals surface area contributed by atoms with E-state index in [2.05, 4.69) is 26.6 Å². The molecule has 0 aromatic heterocycles. The third-order valence-corrected chi connectivity index (χ3v) is 4.91. The van der Waals surface area contributed by atoms with Crippen LogP contribution in [0.4, 0.5) is 4.39 Å². The van der Waals surface area contributed by atoms with Gasteiger partial charge in [-0.15, -0.1) is 0 Å². The smallest absolute Gasteiger partial charge is 0.251 e. The van der Waals surface area contributed by atoms with E-state index in [9.17, 15) is 14.0 Å². The topological polar surface area (TPSA) is 58.2 Å². The van der Waals surface area contributed by atoms with Gasteiger partial charge in [0.1, 0.15) is 5.82 Å². The van der Waals surface area contributed by atoms with Gasteiger partial charge in [0.2, 0.25) is 5.91 Å². The molecule has 1 atom stereocenters. The number of hydrogen-bond donors (Lipinski definition) is 2. The molecule has 4 nitrogen and oxygen atoms in total. The Bertz CT molecular complexity index is 981. The van der Waals surface area contributed by atoms with Crippen LogP contribution >= 0.6 is 15.9 Å². The molecule has 2 amide bonds. The maximum atomic E-state index is 13.9. The van der Waals surface area contributed by atoms with Crippen LogP contribution in [0.5, 0.6) is 0 Å². The molecule has 3 aromatic rings. The molecule has 0 aliphatic rings. The van der Waals surface area contributed by atoms with E-state index >= 15 is 0 Å². The van der Waals surface area contributed by atoms with E-state index < -0.39 is 6.04 Å². The lowest BCUT2D eigenvalue weighted by Gasteiger charge is -2.19. The predicted octanol–water partition coefficient (Wildman–Crippen LogP) is 4.77. The lowest BCUT2D eigenvalue weighted by atomic mass is 10.0. The maximum absolute atomic E-state index is 13.9. The number of amides is 2. The lowest BCUT2D eigenvalue weighted by Crippen LogP contribution is -2.33. The fourth-order valence-electron chi connectivity index (χ4n) is 2.90. The van der Waals surface area contributed by atoms with E-state index in [4.69, 9.17) is 0 Å². The maximum Gasteiger partial charge on any atom is 0.251 e. The number of halogens is 2. The van der Waals surface area contributed by atoms with Crippen molar-refractivity contribution in [3.05, 3.63) is 106 Å². The highest BCUT2D eigenvalue weighted by molar-refractivity contribution is 9.10. The van der Waals surface area contributed by atoms with E-state index in [1.807, 2.05) is 36.4 Å². The minimum absolute atomic E-state index is 0.0399. The SMILES string of the molecule is O=C(CC(NC(=O)c1ccccc1)c1ccccc1)NCc1cc(Br)ccc1F. The van der Waals surface area contributed by atoms with Gasteiger partial charge < -0.3 is 10.6 Å². The average Bonchev–Trinajstić information content (AvgIpc) is 2.75. The van der Waals surface area contributed by atoms with Crippen molar-refractivity contribution in [3.8, 4) is 0 Å². The van der Waals surface area contributed by atoms with E-state index in [1.54, 1.807) is 36.4 Å². The summed E-state index contributed by atoms with van der Waals surface area (Å²) in [5.41, 5.74) is 1.72. The van der Waals surface area contributed by atoms with Gasteiger partial charge >= 0.3 is 0 Å². The van der Waals surface area contributed by atoms with Crippen molar-refractivity contribution < 1.29 is 14.0 Å². The van der Waals surface area contributed by atoms with Gasteiger partial charge in [0, 0.05) is 22.1 Å². The molecule has 0 spiro atoms. The van der Waals surface area contributed by atoms with Crippen molar-refractivity contribution in [2.45, 2.75) is 19.0 Å². The van der Waals surface area contributed by atoms with Crippen LogP contribution in [-0.4, -0.2) is 11.8 Å². The Morgan fingerprint density at radius 2 is 1.59 bits per heavy atom. The van der Waals surface area contributed by atoms with Gasteiger partial charge in [-0.1, -0.05) is 64.5 Å². The highest BCUT2D eigenvalue weighted by Crippen LogP contribution is 2.19. The van der Waals surface area contributed by atoms with Crippen molar-refractivity contribution in [1.82, 2.24) is 10.6 Å². The highest BCUT2D eigenvalue weighted by Gasteiger charge is 2.19. The standard InChI is InChI=1S/C23H20BrFN2O2/c24-19-11-12-20(25)18(13-19)15-26-22(28)14-21(16-7-3-1-4-8-16)27-23(29)17-9-5-2-6-10-17/h1-13,21H,14-15H2,(H,26,28)(H,27,29). The molecule has 1 unspecified atom stereocenters. The minimum Gasteiger partial charge on any atom is -0.352 e. The largest absolute Gasteiger partial charge is 0.352 e. The molecule has 2 N–H and O–H groups in total. The summed E-state index contributed by atoms with van der Waals surface area (Å²) in [6.45, 7) is 0.0677. The molecule has 29 heavy (non-hydrogen) atoms. The van der Waals surface area contributed by atoms with E-state index in [0.717, 1.165) is 10.0 Å². The summed E-state index contributed by atoms with van der Waals surface area (Å²) in [4.78, 5) is 25.1. The minimum atomic E-state index is -0.503. The molecule has 0 aliphatic carbocycles. The Hall–Kier alpha value is -2.99. The van der Waals surface area contributed by atoms with Gasteiger partial charge in [0.15, 0.2) is 0 Å². The van der Waals surface area contributed by atoms with Crippen molar-refractivity contribution in [2.24, 2.45) is 0 Å². The number of nitrogens with one attached hydrogen (secondary N) is 2. The van der Waals surface area contributed by atoms with Crippen molar-refractivity contribution in [1.29, 1.82) is 0 Å². The summed E-state index contributed by atoms with van der Waals surface area (Å²) in [5, 5.41) is 5.65. The third kappa shape index (κ3) is 5.99. The van der Waals surface area contributed by atoms with Crippen molar-refractivity contribution in [2.75, 3.05) is 0 Å². The summed E-state index contributed by atoms with van der Waals surface area (Å²) in [6, 6.07) is 22.2. The first kappa shape index (κ1) is 20.7. The summed E-state index contributed by atoms with van der Waals surface area (Å²) < 4.78 is 14.6. The first-order valence-corrected chi connectivity index (χ1v) is 9.93. The number of carbonyl (C=O) groups excluding carboxylic acids is 2. The number of benzene rings is 3. The second-order valence-corrected chi connectivity index (χ2v) is 7.44. The Morgan fingerprint density at radius 1 is 0.931 bits per heavy atom. The number of rotatable bonds is 7. The van der Waals surface area contributed by atoms with E-state index in [1.165, 1.54) is 6.07 Å². The summed E-state index contributed by atoms with van der Waals surface area (Å²) in [5.74, 6) is -0.928. The molecule has 0 heterocycles. The zero-order chi connectivity index (χ0) is 20.6. The Kier molecular flexibility index (Phi) is 7.14. The molecular formula is C23H20BrFN2O2. The average molecular weight is 455 g/mol. The van der Waals surface area contributed by atoms with Crippen LogP contribution in [-0.2, 0) is 11.3 Å². The quantitative estimate of drug-likeness (QED) is 0.540. The molecule has 6 heteroatoms. The van der Waals surface area contributed by atoms with Crippen LogP contribution in [0.15, 0.2) is 83.3 Å². The molecular weight excluding hydrogens is 435 g/mol. The highest BCUT2D eigenvalue weighted by atomic mass is 79.9. The van der Waals surface area contributed by atoms with E-state index in [-0.39, 0.29) is 30.6 Å². The van der Waals surface area contributed by atoms with Crippen LogP contribution in [0, 0.1) is 5.82 Å². The van der Waals surface area contributed by atoms with Gasteiger partial charge in [-0.25, -0.2) is 4.39 Å². The Labute approximate surface area is 177 Å². The predicted molar refractivity (Wildman–Crippen MR) is 114 cm³/mol. The van der Waals surface area contributed by atoms with Gasteiger partial charge in [-0.3, -0.25) is 9.59 Å². The first-order chi connectivity index (χ1) is 14.0. The van der Waals surface area contributed by atoms with Crippen LogP contribution in [0.2, 0.25) is 0 Å².